The maximum absolute atomic E-state index is 13.5. The number of methoxy groups -OCH3 is 1. The second kappa shape index (κ2) is 11.7. The summed E-state index contributed by atoms with van der Waals surface area (Å²) in [5.41, 5.74) is 4.87. The SMILES string of the molecule is C=C1N(Cc2cccc(OC)c2)c2ccccc2N1C1CCN(C(=O)C2CCN(Cc3ccncc3)CC2)CC1. The van der Waals surface area contributed by atoms with Gasteiger partial charge in [-0.15, -0.1) is 0 Å². The Morgan fingerprint density at radius 3 is 2.33 bits per heavy atom. The highest BCUT2D eigenvalue weighted by atomic mass is 16.5. The van der Waals surface area contributed by atoms with Crippen LogP contribution in [-0.2, 0) is 17.9 Å². The number of benzene rings is 2. The molecule has 7 nitrogen and oxygen atoms in total. The van der Waals surface area contributed by atoms with Crippen LogP contribution >= 0.6 is 0 Å². The van der Waals surface area contributed by atoms with Gasteiger partial charge in [-0.05, 0) is 86.3 Å². The predicted octanol–water partition coefficient (Wildman–Crippen LogP) is 5.29. The van der Waals surface area contributed by atoms with E-state index in [0.29, 0.717) is 11.9 Å². The van der Waals surface area contributed by atoms with Crippen molar-refractivity contribution < 1.29 is 9.53 Å². The van der Waals surface area contributed by atoms with Crippen LogP contribution in [0.2, 0.25) is 0 Å². The molecule has 3 aliphatic rings. The summed E-state index contributed by atoms with van der Waals surface area (Å²) in [6.45, 7) is 9.78. The van der Waals surface area contributed by atoms with Crippen molar-refractivity contribution in [1.29, 1.82) is 0 Å². The third kappa shape index (κ3) is 5.43. The molecule has 2 aromatic carbocycles. The molecule has 2 fully saturated rings. The largest absolute Gasteiger partial charge is 0.497 e. The standard InChI is InChI=1S/C33H39N5O2/c1-25-37(24-27-6-5-7-30(22-27)40-2)31-8-3-4-9-32(31)38(25)29-14-20-36(21-15-29)33(39)28-12-18-35(19-13-28)23-26-10-16-34-17-11-26/h3-11,16-17,22,28-29H,1,12-15,18-21,23-24H2,2H3. The highest BCUT2D eigenvalue weighted by Crippen LogP contribution is 2.44. The number of likely N-dealkylation sites (tertiary alicyclic amines) is 2. The number of para-hydroxylation sites is 2. The quantitative estimate of drug-likeness (QED) is 0.408. The van der Waals surface area contributed by atoms with Crippen molar-refractivity contribution in [3.63, 3.8) is 0 Å². The van der Waals surface area contributed by atoms with E-state index >= 15 is 0 Å². The molecular formula is C33H39N5O2. The third-order valence-corrected chi connectivity index (χ3v) is 8.73. The molecule has 0 N–H and O–H groups in total. The van der Waals surface area contributed by atoms with Gasteiger partial charge in [0.25, 0.3) is 0 Å². The highest BCUT2D eigenvalue weighted by molar-refractivity contribution is 5.83. The molecule has 4 heterocycles. The van der Waals surface area contributed by atoms with Gasteiger partial charge in [-0.25, -0.2) is 0 Å². The number of pyridine rings is 1. The van der Waals surface area contributed by atoms with Crippen LogP contribution in [0.15, 0.2) is 85.5 Å². The van der Waals surface area contributed by atoms with Gasteiger partial charge in [-0.1, -0.05) is 30.8 Å². The van der Waals surface area contributed by atoms with Crippen molar-refractivity contribution >= 4 is 17.3 Å². The number of hydrogen-bond acceptors (Lipinski definition) is 6. The van der Waals surface area contributed by atoms with E-state index in [2.05, 4.69) is 79.7 Å². The molecule has 0 saturated carbocycles. The highest BCUT2D eigenvalue weighted by Gasteiger charge is 2.38. The van der Waals surface area contributed by atoms with E-state index in [9.17, 15) is 4.79 Å². The predicted molar refractivity (Wildman–Crippen MR) is 159 cm³/mol. The van der Waals surface area contributed by atoms with Crippen molar-refractivity contribution in [2.24, 2.45) is 5.92 Å². The lowest BCUT2D eigenvalue weighted by molar-refractivity contribution is -0.138. The Bertz CT molecular complexity index is 1330. The summed E-state index contributed by atoms with van der Waals surface area (Å²) in [7, 11) is 1.70. The fraction of sp³-hybridized carbons (Fsp3) is 0.394. The Kier molecular flexibility index (Phi) is 7.73. The van der Waals surface area contributed by atoms with E-state index in [0.717, 1.165) is 76.5 Å². The van der Waals surface area contributed by atoms with Gasteiger partial charge in [-0.3, -0.25) is 14.7 Å². The van der Waals surface area contributed by atoms with Crippen molar-refractivity contribution in [2.45, 2.75) is 44.8 Å². The first-order chi connectivity index (χ1) is 19.6. The number of amides is 1. The van der Waals surface area contributed by atoms with Crippen LogP contribution < -0.4 is 14.5 Å². The molecule has 0 atom stereocenters. The number of piperidine rings is 2. The molecule has 6 rings (SSSR count). The fourth-order valence-corrected chi connectivity index (χ4v) is 6.53. The maximum Gasteiger partial charge on any atom is 0.225 e. The van der Waals surface area contributed by atoms with Crippen LogP contribution in [0.4, 0.5) is 11.4 Å². The van der Waals surface area contributed by atoms with E-state index in [-0.39, 0.29) is 5.92 Å². The lowest BCUT2D eigenvalue weighted by atomic mass is 9.93. The molecule has 0 unspecified atom stereocenters. The average molecular weight is 538 g/mol. The first-order valence-corrected chi connectivity index (χ1v) is 14.5. The normalized spacial score (nSPS) is 18.7. The Hall–Kier alpha value is -3.84. The molecule has 1 aromatic heterocycles. The summed E-state index contributed by atoms with van der Waals surface area (Å²) < 4.78 is 5.45. The third-order valence-electron chi connectivity index (χ3n) is 8.73. The number of carbonyl (C=O) groups excluding carboxylic acids is 1. The molecule has 1 amide bonds. The number of hydrogen-bond donors (Lipinski definition) is 0. The van der Waals surface area contributed by atoms with Crippen molar-refractivity contribution in [3.05, 3.63) is 96.6 Å². The van der Waals surface area contributed by atoms with Crippen LogP contribution in [0, 0.1) is 5.92 Å². The van der Waals surface area contributed by atoms with Crippen LogP contribution in [0.25, 0.3) is 0 Å². The summed E-state index contributed by atoms with van der Waals surface area (Å²) in [4.78, 5) is 26.9. The number of rotatable bonds is 7. The minimum absolute atomic E-state index is 0.145. The lowest BCUT2D eigenvalue weighted by Gasteiger charge is -2.40. The second-order valence-electron chi connectivity index (χ2n) is 11.2. The van der Waals surface area contributed by atoms with Gasteiger partial charge in [0.15, 0.2) is 0 Å². The molecule has 208 valence electrons. The Labute approximate surface area is 237 Å². The second-order valence-corrected chi connectivity index (χ2v) is 11.2. The Morgan fingerprint density at radius 2 is 1.60 bits per heavy atom. The fourth-order valence-electron chi connectivity index (χ4n) is 6.53. The summed E-state index contributed by atoms with van der Waals surface area (Å²) in [6, 6.07) is 21.3. The van der Waals surface area contributed by atoms with E-state index in [4.69, 9.17) is 4.74 Å². The molecule has 40 heavy (non-hydrogen) atoms. The lowest BCUT2D eigenvalue weighted by Crippen LogP contribution is -2.49. The average Bonchev–Trinajstić information content (AvgIpc) is 3.28. The van der Waals surface area contributed by atoms with Crippen LogP contribution in [-0.4, -0.2) is 60.0 Å². The molecule has 3 aromatic rings. The number of nitrogens with zero attached hydrogens (tertiary/aromatic N) is 5. The Balaban J connectivity index is 1.06. The summed E-state index contributed by atoms with van der Waals surface area (Å²) in [5, 5.41) is 0. The van der Waals surface area contributed by atoms with Gasteiger partial charge in [0.05, 0.1) is 18.5 Å². The molecule has 0 aliphatic carbocycles. The number of carbonyl (C=O) groups is 1. The molecule has 2 saturated heterocycles. The van der Waals surface area contributed by atoms with Crippen LogP contribution in [0.1, 0.15) is 36.8 Å². The number of aromatic nitrogens is 1. The molecule has 0 spiro atoms. The van der Waals surface area contributed by atoms with Gasteiger partial charge in [0, 0.05) is 50.5 Å². The molecule has 0 radical (unpaired) electrons. The first kappa shape index (κ1) is 26.4. The minimum Gasteiger partial charge on any atom is -0.497 e. The molecule has 0 bridgehead atoms. The monoisotopic (exact) mass is 537 g/mol. The van der Waals surface area contributed by atoms with Crippen LogP contribution in [0.5, 0.6) is 5.75 Å². The molecule has 7 heteroatoms. The first-order valence-electron chi connectivity index (χ1n) is 14.5. The van der Waals surface area contributed by atoms with Crippen molar-refractivity contribution in [2.75, 3.05) is 43.1 Å². The van der Waals surface area contributed by atoms with Crippen molar-refractivity contribution in [1.82, 2.24) is 14.8 Å². The smallest absolute Gasteiger partial charge is 0.225 e. The molecular weight excluding hydrogens is 498 g/mol. The van der Waals surface area contributed by atoms with E-state index in [1.807, 2.05) is 24.5 Å². The van der Waals surface area contributed by atoms with Crippen molar-refractivity contribution in [3.8, 4) is 5.75 Å². The van der Waals surface area contributed by atoms with Gasteiger partial charge in [0.2, 0.25) is 5.91 Å². The number of fused-ring (bicyclic) bond motifs is 1. The van der Waals surface area contributed by atoms with Gasteiger partial charge < -0.3 is 19.4 Å². The van der Waals surface area contributed by atoms with E-state index in [1.54, 1.807) is 7.11 Å². The zero-order valence-corrected chi connectivity index (χ0v) is 23.4. The van der Waals surface area contributed by atoms with Crippen LogP contribution in [0.3, 0.4) is 0 Å². The minimum atomic E-state index is 0.145. The maximum atomic E-state index is 13.5. The van der Waals surface area contributed by atoms with Gasteiger partial charge in [-0.2, -0.15) is 0 Å². The van der Waals surface area contributed by atoms with E-state index < -0.39 is 0 Å². The summed E-state index contributed by atoms with van der Waals surface area (Å²) in [6.07, 6.45) is 7.49. The van der Waals surface area contributed by atoms with Gasteiger partial charge in [0.1, 0.15) is 11.6 Å². The zero-order chi connectivity index (χ0) is 27.5. The van der Waals surface area contributed by atoms with Gasteiger partial charge >= 0.3 is 0 Å². The topological polar surface area (TPSA) is 52.2 Å². The summed E-state index contributed by atoms with van der Waals surface area (Å²) in [5.74, 6) is 2.37. The zero-order valence-electron chi connectivity index (χ0n) is 23.4. The number of ether oxygens (including phenoxy) is 1. The number of anilines is 2. The Morgan fingerprint density at radius 1 is 0.875 bits per heavy atom. The van der Waals surface area contributed by atoms with E-state index in [1.165, 1.54) is 22.5 Å². The summed E-state index contributed by atoms with van der Waals surface area (Å²) >= 11 is 0. The molecule has 3 aliphatic heterocycles.